The number of carbonyl (C=O) groups excluding carboxylic acids is 2. The molecule has 0 aliphatic heterocycles. The van der Waals surface area contributed by atoms with Gasteiger partial charge in [-0.15, -0.1) is 0 Å². The van der Waals surface area contributed by atoms with Gasteiger partial charge in [0.2, 0.25) is 5.91 Å². The summed E-state index contributed by atoms with van der Waals surface area (Å²) in [6.07, 6.45) is 106. The molecule has 0 aromatic rings. The molecule has 0 radical (unpaired) electrons. The second-order valence-corrected chi connectivity index (χ2v) is 28.5. The fourth-order valence-electron chi connectivity index (χ4n) is 13.0. The minimum absolute atomic E-state index is 0.00453. The first-order chi connectivity index (χ1) is 45.0. The van der Waals surface area contributed by atoms with E-state index >= 15 is 0 Å². The molecule has 6 heteroatoms. The minimum atomic E-state index is -0.664. The number of hydrogen-bond donors (Lipinski definition) is 3. The summed E-state index contributed by atoms with van der Waals surface area (Å²) < 4.78 is 5.49. The van der Waals surface area contributed by atoms with Crippen molar-refractivity contribution >= 4 is 11.9 Å². The Morgan fingerprint density at radius 3 is 0.868 bits per heavy atom. The zero-order chi connectivity index (χ0) is 65.6. The molecular weight excluding hydrogens is 1110 g/mol. The van der Waals surface area contributed by atoms with Gasteiger partial charge in [-0.1, -0.05) is 409 Å². The molecule has 0 saturated carbocycles. The van der Waals surface area contributed by atoms with Crippen molar-refractivity contribution in [3.8, 4) is 0 Å². The summed E-state index contributed by atoms with van der Waals surface area (Å²) in [5.74, 6) is -0.0225. The number of ether oxygens (including phenoxy) is 1. The van der Waals surface area contributed by atoms with Crippen LogP contribution in [0.4, 0.5) is 0 Å². The molecule has 0 aliphatic carbocycles. The van der Waals surface area contributed by atoms with Gasteiger partial charge in [0.05, 0.1) is 25.4 Å². The molecule has 0 aromatic carbocycles. The van der Waals surface area contributed by atoms with Gasteiger partial charge in [-0.05, 0) is 83.5 Å². The van der Waals surface area contributed by atoms with Crippen molar-refractivity contribution in [2.75, 3.05) is 13.2 Å². The van der Waals surface area contributed by atoms with E-state index in [1.165, 1.54) is 366 Å². The predicted molar refractivity (Wildman–Crippen MR) is 402 cm³/mol. The van der Waals surface area contributed by atoms with E-state index < -0.39 is 12.1 Å². The summed E-state index contributed by atoms with van der Waals surface area (Å²) in [5, 5.41) is 23.5. The van der Waals surface area contributed by atoms with Crippen LogP contribution >= 0.6 is 0 Å². The van der Waals surface area contributed by atoms with E-state index in [2.05, 4.69) is 67.8 Å². The van der Waals surface area contributed by atoms with Crippen molar-refractivity contribution in [3.05, 3.63) is 48.6 Å². The van der Waals surface area contributed by atoms with E-state index in [0.29, 0.717) is 25.9 Å². The maximum absolute atomic E-state index is 12.6. The molecule has 0 fully saturated rings. The van der Waals surface area contributed by atoms with E-state index in [1.807, 2.05) is 0 Å². The quantitative estimate of drug-likeness (QED) is 0.0320. The molecule has 0 aliphatic rings. The molecule has 0 saturated heterocycles. The van der Waals surface area contributed by atoms with E-state index in [9.17, 15) is 19.8 Å². The van der Waals surface area contributed by atoms with E-state index in [1.54, 1.807) is 0 Å². The first-order valence-corrected chi connectivity index (χ1v) is 41.4. The average Bonchev–Trinajstić information content (AvgIpc) is 3.66. The molecule has 91 heavy (non-hydrogen) atoms. The first-order valence-electron chi connectivity index (χ1n) is 41.4. The number of nitrogens with one attached hydrogen (secondary N) is 1. The Kier molecular flexibility index (Phi) is 78.3. The van der Waals surface area contributed by atoms with Gasteiger partial charge in [-0.25, -0.2) is 0 Å². The first kappa shape index (κ1) is 88.8. The van der Waals surface area contributed by atoms with Crippen molar-refractivity contribution in [1.82, 2.24) is 5.32 Å². The summed E-state index contributed by atoms with van der Waals surface area (Å²) in [4.78, 5) is 24.6. The molecular formula is C85H161NO5. The standard InChI is InChI=1S/C85H161NO5/c1-3-5-7-9-11-13-15-17-19-20-21-22-38-41-44-47-50-53-57-61-65-69-73-77-83(88)82(81-87)86-84(89)78-74-70-66-62-58-54-51-48-45-42-39-36-34-32-30-28-26-24-23-25-27-29-31-33-35-37-40-43-46-49-52-56-60-64-68-72-76-80-91-85(90)79-75-71-67-63-59-55-18-16-14-12-10-8-6-4-2/h10,12,16,18,23,25,29,31,82-83,87-88H,3-9,11,13-15,17,19-22,24,26-28,30,32-81H2,1-2H3,(H,86,89)/b12-10-,18-16-,25-23-,31-29-. The molecule has 1 amide bonds. The van der Waals surface area contributed by atoms with Crippen LogP contribution in [0, 0.1) is 0 Å². The number of allylic oxidation sites excluding steroid dienone is 8. The van der Waals surface area contributed by atoms with Crippen molar-refractivity contribution in [2.24, 2.45) is 0 Å². The summed E-state index contributed by atoms with van der Waals surface area (Å²) >= 11 is 0. The summed E-state index contributed by atoms with van der Waals surface area (Å²) in [5.41, 5.74) is 0. The molecule has 2 unspecified atom stereocenters. The van der Waals surface area contributed by atoms with Gasteiger partial charge in [-0.3, -0.25) is 9.59 Å². The average molecular weight is 1280 g/mol. The van der Waals surface area contributed by atoms with Crippen LogP contribution in [-0.4, -0.2) is 47.4 Å². The smallest absolute Gasteiger partial charge is 0.305 e. The maximum Gasteiger partial charge on any atom is 0.305 e. The van der Waals surface area contributed by atoms with Crippen LogP contribution in [0.2, 0.25) is 0 Å². The number of esters is 1. The number of aliphatic hydroxyl groups is 2. The van der Waals surface area contributed by atoms with Crippen molar-refractivity contribution in [3.63, 3.8) is 0 Å². The zero-order valence-corrected chi connectivity index (χ0v) is 61.6. The van der Waals surface area contributed by atoms with E-state index in [0.717, 1.165) is 57.8 Å². The molecule has 0 heterocycles. The number of aliphatic hydroxyl groups excluding tert-OH is 2. The van der Waals surface area contributed by atoms with Gasteiger partial charge < -0.3 is 20.3 Å². The van der Waals surface area contributed by atoms with Gasteiger partial charge in [0.1, 0.15) is 0 Å². The molecule has 0 spiro atoms. The zero-order valence-electron chi connectivity index (χ0n) is 61.6. The Bertz CT molecular complexity index is 1520. The highest BCUT2D eigenvalue weighted by Gasteiger charge is 2.20. The highest BCUT2D eigenvalue weighted by molar-refractivity contribution is 5.76. The minimum Gasteiger partial charge on any atom is -0.466 e. The van der Waals surface area contributed by atoms with Crippen LogP contribution in [0.1, 0.15) is 457 Å². The van der Waals surface area contributed by atoms with Crippen LogP contribution in [0.15, 0.2) is 48.6 Å². The van der Waals surface area contributed by atoms with E-state index in [4.69, 9.17) is 4.74 Å². The number of rotatable bonds is 78. The maximum atomic E-state index is 12.6. The second-order valence-electron chi connectivity index (χ2n) is 28.5. The number of unbranched alkanes of at least 4 members (excludes halogenated alkanes) is 59. The molecule has 0 bridgehead atoms. The molecule has 0 rings (SSSR count). The van der Waals surface area contributed by atoms with Crippen LogP contribution in [0.3, 0.4) is 0 Å². The fraction of sp³-hybridized carbons (Fsp3) is 0.882. The summed E-state index contributed by atoms with van der Waals surface area (Å²) in [7, 11) is 0. The van der Waals surface area contributed by atoms with Crippen LogP contribution < -0.4 is 5.32 Å². The SMILES string of the molecule is CCCC/C=C\C/C=C\CCCCCCCC(=O)OCCCCCCCCCCCCCCC/C=C\C/C=C\CCCCCCCCCCCCCCCCCCCC(=O)NC(CO)C(O)CCCCCCCCCCCCCCCCCCCCCCCCC. The second kappa shape index (κ2) is 80.3. The number of carbonyl (C=O) groups is 2. The largest absolute Gasteiger partial charge is 0.466 e. The van der Waals surface area contributed by atoms with Crippen LogP contribution in [-0.2, 0) is 14.3 Å². The van der Waals surface area contributed by atoms with Crippen LogP contribution in [0.25, 0.3) is 0 Å². The van der Waals surface area contributed by atoms with E-state index in [-0.39, 0.29) is 18.5 Å². The van der Waals surface area contributed by atoms with Gasteiger partial charge in [0.15, 0.2) is 0 Å². The third-order valence-electron chi connectivity index (χ3n) is 19.4. The van der Waals surface area contributed by atoms with Crippen LogP contribution in [0.5, 0.6) is 0 Å². The van der Waals surface area contributed by atoms with Crippen molar-refractivity contribution in [2.45, 2.75) is 469 Å². The summed E-state index contributed by atoms with van der Waals surface area (Å²) in [6, 6.07) is -0.541. The Labute approximate surface area is 569 Å². The molecule has 6 nitrogen and oxygen atoms in total. The molecule has 0 aromatic heterocycles. The number of hydrogen-bond acceptors (Lipinski definition) is 5. The van der Waals surface area contributed by atoms with Crippen molar-refractivity contribution in [1.29, 1.82) is 0 Å². The highest BCUT2D eigenvalue weighted by Crippen LogP contribution is 2.20. The highest BCUT2D eigenvalue weighted by atomic mass is 16.5. The lowest BCUT2D eigenvalue weighted by Gasteiger charge is -2.22. The monoisotopic (exact) mass is 1280 g/mol. The Morgan fingerprint density at radius 2 is 0.560 bits per heavy atom. The van der Waals surface area contributed by atoms with Gasteiger partial charge in [-0.2, -0.15) is 0 Å². The Hall–Kier alpha value is -2.18. The van der Waals surface area contributed by atoms with Crippen molar-refractivity contribution < 1.29 is 24.5 Å². The third kappa shape index (κ3) is 76.7. The number of amides is 1. The Morgan fingerprint density at radius 1 is 0.308 bits per heavy atom. The topological polar surface area (TPSA) is 95.9 Å². The molecule has 2 atom stereocenters. The normalized spacial score (nSPS) is 12.7. The summed E-state index contributed by atoms with van der Waals surface area (Å²) in [6.45, 7) is 4.95. The fourth-order valence-corrected chi connectivity index (χ4v) is 13.0. The lowest BCUT2D eigenvalue weighted by Crippen LogP contribution is -2.45. The Balaban J connectivity index is 3.37. The lowest BCUT2D eigenvalue weighted by atomic mass is 10.0. The van der Waals surface area contributed by atoms with Gasteiger partial charge in [0, 0.05) is 12.8 Å². The molecule has 3 N–H and O–H groups in total. The predicted octanol–water partition coefficient (Wildman–Crippen LogP) is 27.5. The lowest BCUT2D eigenvalue weighted by molar-refractivity contribution is -0.143. The third-order valence-corrected chi connectivity index (χ3v) is 19.4. The van der Waals surface area contributed by atoms with Gasteiger partial charge in [0.25, 0.3) is 0 Å². The van der Waals surface area contributed by atoms with Gasteiger partial charge >= 0.3 is 5.97 Å². The molecule has 536 valence electrons.